The maximum atomic E-state index is 13.7. The summed E-state index contributed by atoms with van der Waals surface area (Å²) in [4.78, 5) is 40.5. The smallest absolute Gasteiger partial charge is 0.408 e. The molecule has 0 aliphatic heterocycles. The van der Waals surface area contributed by atoms with Gasteiger partial charge < -0.3 is 30.5 Å². The predicted octanol–water partition coefficient (Wildman–Crippen LogP) is 4.08. The van der Waals surface area contributed by atoms with Gasteiger partial charge in [0.05, 0.1) is 17.3 Å². The fourth-order valence-electron chi connectivity index (χ4n) is 3.60. The van der Waals surface area contributed by atoms with Crippen molar-refractivity contribution < 1.29 is 29.3 Å². The molecule has 0 heterocycles. The van der Waals surface area contributed by atoms with Crippen LogP contribution in [0.4, 0.5) is 10.5 Å². The topological polar surface area (TPSA) is 128 Å². The Morgan fingerprint density at radius 1 is 1.08 bits per heavy atom. The number of phenolic OH excluding ortho intramolecular Hbond substituents is 1. The van der Waals surface area contributed by atoms with E-state index in [1.54, 1.807) is 65.0 Å². The van der Waals surface area contributed by atoms with Crippen molar-refractivity contribution in [1.29, 1.82) is 0 Å². The van der Waals surface area contributed by atoms with Gasteiger partial charge in [-0.2, -0.15) is 0 Å². The molecular formula is C26H34ClN3O6. The summed E-state index contributed by atoms with van der Waals surface area (Å²) in [5, 5.41) is 26.1. The number of carbonyl (C=O) groups is 3. The van der Waals surface area contributed by atoms with E-state index >= 15 is 0 Å². The molecule has 10 heteroatoms. The minimum Gasteiger partial charge on any atom is -0.507 e. The second-order valence-electron chi connectivity index (χ2n) is 9.46. The molecule has 0 bridgehead atoms. The maximum Gasteiger partial charge on any atom is 0.408 e. The molecule has 0 saturated heterocycles. The molecule has 0 spiro atoms. The molecule has 0 radical (unpaired) electrons. The molecule has 196 valence electrons. The lowest BCUT2D eigenvalue weighted by Gasteiger charge is -2.33. The largest absolute Gasteiger partial charge is 0.507 e. The second kappa shape index (κ2) is 12.1. The number of carbonyl (C=O) groups excluding carboxylic acids is 3. The Hall–Kier alpha value is -3.30. The van der Waals surface area contributed by atoms with Gasteiger partial charge in [0.1, 0.15) is 23.4 Å². The van der Waals surface area contributed by atoms with Crippen molar-refractivity contribution >= 4 is 35.2 Å². The number of benzene rings is 2. The zero-order valence-electron chi connectivity index (χ0n) is 21.4. The van der Waals surface area contributed by atoms with Gasteiger partial charge in [0.25, 0.3) is 5.91 Å². The number of amides is 3. The number of aromatic hydroxyl groups is 1. The molecule has 0 aromatic heterocycles. The molecule has 2 atom stereocenters. The van der Waals surface area contributed by atoms with E-state index in [9.17, 15) is 24.6 Å². The molecule has 3 amide bonds. The van der Waals surface area contributed by atoms with Crippen LogP contribution in [0.15, 0.2) is 36.4 Å². The number of ether oxygens (including phenoxy) is 1. The number of aryl methyl sites for hydroxylation is 2. The lowest BCUT2D eigenvalue weighted by atomic mass is 9.99. The third-order valence-electron chi connectivity index (χ3n) is 5.32. The molecule has 0 fully saturated rings. The second-order valence-corrected chi connectivity index (χ2v) is 9.87. The first-order valence-electron chi connectivity index (χ1n) is 11.5. The third kappa shape index (κ3) is 7.35. The van der Waals surface area contributed by atoms with E-state index in [1.165, 1.54) is 13.0 Å². The Kier molecular flexibility index (Phi) is 9.72. The lowest BCUT2D eigenvalue weighted by molar-refractivity contribution is -0.141. The van der Waals surface area contributed by atoms with Crippen LogP contribution in [0.25, 0.3) is 0 Å². The molecule has 2 rings (SSSR count). The van der Waals surface area contributed by atoms with E-state index in [4.69, 9.17) is 16.3 Å². The fraction of sp³-hybridized carbons (Fsp3) is 0.423. The van der Waals surface area contributed by atoms with E-state index in [0.717, 1.165) is 4.90 Å². The van der Waals surface area contributed by atoms with Crippen LogP contribution in [0.1, 0.15) is 50.4 Å². The maximum absolute atomic E-state index is 13.7. The van der Waals surface area contributed by atoms with Crippen LogP contribution in [-0.2, 0) is 14.3 Å². The van der Waals surface area contributed by atoms with Gasteiger partial charge >= 0.3 is 6.09 Å². The standard InChI is InChI=1S/C26H34ClN3O6/c1-15-9-8-12-19(27)20(15)29-23(33)21(18-11-7-10-16(2)22(18)32)30(13-14-31)24(34)17(3)28-25(35)36-26(4,5)6/h7-12,17,21,31-32H,13-14H2,1-6H3,(H,28,35)(H,29,33). The summed E-state index contributed by atoms with van der Waals surface area (Å²) < 4.78 is 5.23. The number of aliphatic hydroxyl groups is 1. The zero-order valence-corrected chi connectivity index (χ0v) is 22.1. The normalized spacial score (nSPS) is 12.9. The number of nitrogens with one attached hydrogen (secondary N) is 2. The number of anilines is 1. The molecule has 0 aliphatic rings. The first kappa shape index (κ1) is 28.9. The van der Waals surface area contributed by atoms with Gasteiger partial charge in [0, 0.05) is 12.1 Å². The first-order chi connectivity index (χ1) is 16.8. The number of aliphatic hydroxyl groups excluding tert-OH is 1. The van der Waals surface area contributed by atoms with Crippen LogP contribution in [-0.4, -0.2) is 57.8 Å². The number of nitrogens with zero attached hydrogens (tertiary/aromatic N) is 1. The highest BCUT2D eigenvalue weighted by atomic mass is 35.5. The van der Waals surface area contributed by atoms with Crippen molar-refractivity contribution in [2.45, 2.75) is 59.2 Å². The zero-order chi connectivity index (χ0) is 27.2. The molecule has 2 aromatic rings. The average molecular weight is 520 g/mol. The van der Waals surface area contributed by atoms with Crippen molar-refractivity contribution in [1.82, 2.24) is 10.2 Å². The summed E-state index contributed by atoms with van der Waals surface area (Å²) in [6, 6.07) is 7.51. The number of rotatable bonds is 8. The quantitative estimate of drug-likeness (QED) is 0.416. The van der Waals surface area contributed by atoms with E-state index in [1.807, 2.05) is 0 Å². The molecule has 36 heavy (non-hydrogen) atoms. The summed E-state index contributed by atoms with van der Waals surface area (Å²) >= 11 is 6.30. The van der Waals surface area contributed by atoms with Crippen molar-refractivity contribution in [3.63, 3.8) is 0 Å². The molecule has 4 N–H and O–H groups in total. The van der Waals surface area contributed by atoms with Crippen LogP contribution in [0.2, 0.25) is 5.02 Å². The molecular weight excluding hydrogens is 486 g/mol. The van der Waals surface area contributed by atoms with E-state index in [-0.39, 0.29) is 17.9 Å². The van der Waals surface area contributed by atoms with Gasteiger partial charge in [-0.25, -0.2) is 4.79 Å². The Labute approximate surface area is 216 Å². The highest BCUT2D eigenvalue weighted by molar-refractivity contribution is 6.34. The molecule has 2 aromatic carbocycles. The third-order valence-corrected chi connectivity index (χ3v) is 5.64. The number of para-hydroxylation sites is 2. The van der Waals surface area contributed by atoms with E-state index in [2.05, 4.69) is 10.6 Å². The highest BCUT2D eigenvalue weighted by Gasteiger charge is 2.36. The SMILES string of the molecule is Cc1cccc(C(C(=O)Nc2c(C)cccc2Cl)N(CCO)C(=O)C(C)NC(=O)OC(C)(C)C)c1O. The average Bonchev–Trinajstić information content (AvgIpc) is 2.77. The number of alkyl carbamates (subject to hydrolysis) is 1. The van der Waals surface area contributed by atoms with Crippen LogP contribution < -0.4 is 10.6 Å². The highest BCUT2D eigenvalue weighted by Crippen LogP contribution is 2.34. The number of hydrogen-bond donors (Lipinski definition) is 4. The Balaban J connectivity index is 2.50. The molecule has 0 saturated carbocycles. The molecule has 0 aliphatic carbocycles. The lowest BCUT2D eigenvalue weighted by Crippen LogP contribution is -2.52. The Bertz CT molecular complexity index is 1100. The summed E-state index contributed by atoms with van der Waals surface area (Å²) in [5.74, 6) is -1.48. The van der Waals surface area contributed by atoms with Crippen LogP contribution in [0.5, 0.6) is 5.75 Å². The van der Waals surface area contributed by atoms with Crippen molar-refractivity contribution in [2.75, 3.05) is 18.5 Å². The monoisotopic (exact) mass is 519 g/mol. The van der Waals surface area contributed by atoms with Gasteiger partial charge in [-0.1, -0.05) is 41.9 Å². The van der Waals surface area contributed by atoms with Gasteiger partial charge in [-0.15, -0.1) is 0 Å². The predicted molar refractivity (Wildman–Crippen MR) is 138 cm³/mol. The van der Waals surface area contributed by atoms with Crippen molar-refractivity contribution in [3.05, 3.63) is 58.1 Å². The summed E-state index contributed by atoms with van der Waals surface area (Å²) in [5.41, 5.74) is 0.931. The van der Waals surface area contributed by atoms with Crippen molar-refractivity contribution in [2.24, 2.45) is 0 Å². The number of phenols is 1. The molecule has 9 nitrogen and oxygen atoms in total. The van der Waals surface area contributed by atoms with Gasteiger partial charge in [-0.05, 0) is 58.7 Å². The number of halogens is 1. The van der Waals surface area contributed by atoms with E-state index in [0.29, 0.717) is 21.8 Å². The van der Waals surface area contributed by atoms with E-state index < -0.39 is 42.2 Å². The van der Waals surface area contributed by atoms with Gasteiger partial charge in [0.2, 0.25) is 5.91 Å². The van der Waals surface area contributed by atoms with Crippen molar-refractivity contribution in [3.8, 4) is 5.75 Å². The van der Waals surface area contributed by atoms with Crippen LogP contribution in [0.3, 0.4) is 0 Å². The first-order valence-corrected chi connectivity index (χ1v) is 11.9. The Morgan fingerprint density at radius 2 is 1.69 bits per heavy atom. The van der Waals surface area contributed by atoms with Crippen LogP contribution >= 0.6 is 11.6 Å². The van der Waals surface area contributed by atoms with Gasteiger partial charge in [-0.3, -0.25) is 9.59 Å². The number of hydrogen-bond acceptors (Lipinski definition) is 6. The summed E-state index contributed by atoms with van der Waals surface area (Å²) in [7, 11) is 0. The summed E-state index contributed by atoms with van der Waals surface area (Å²) in [6.07, 6.45) is -0.807. The Morgan fingerprint density at radius 3 is 2.28 bits per heavy atom. The minimum absolute atomic E-state index is 0.156. The summed E-state index contributed by atoms with van der Waals surface area (Å²) in [6.45, 7) is 9.23. The van der Waals surface area contributed by atoms with Crippen LogP contribution in [0, 0.1) is 13.8 Å². The minimum atomic E-state index is -1.34. The fourth-order valence-corrected chi connectivity index (χ4v) is 3.87. The van der Waals surface area contributed by atoms with Gasteiger partial charge in [0.15, 0.2) is 0 Å². The molecule has 2 unspecified atom stereocenters.